The molecule has 8 heteroatoms. The second-order valence-electron chi connectivity index (χ2n) is 13.1. The first-order valence-corrected chi connectivity index (χ1v) is 17.7. The van der Waals surface area contributed by atoms with Crippen molar-refractivity contribution in [1.82, 2.24) is 0 Å². The van der Waals surface area contributed by atoms with Gasteiger partial charge in [0.2, 0.25) is 0 Å². The molecule has 45 heavy (non-hydrogen) atoms. The van der Waals surface area contributed by atoms with E-state index in [4.69, 9.17) is 18.9 Å². The van der Waals surface area contributed by atoms with Gasteiger partial charge in [0.1, 0.15) is 17.8 Å². The van der Waals surface area contributed by atoms with Crippen molar-refractivity contribution in [2.45, 2.75) is 153 Å². The topological polar surface area (TPSA) is 105 Å². The van der Waals surface area contributed by atoms with Crippen LogP contribution in [0.2, 0.25) is 0 Å². The van der Waals surface area contributed by atoms with Gasteiger partial charge in [-0.15, -0.1) is 0 Å². The maximum atomic E-state index is 13.4. The Morgan fingerprint density at radius 2 is 1.13 bits per heavy atom. The molecule has 0 aromatic rings. The number of hydrogen-bond donors (Lipinski definition) is 0. The standard InChI is InChI=1S/C37H60O8/c1-5-15-30-19-23-36(24-20-30,44-29-32(38)17-11-9-13-27-42-33(39)7-3)37(25-21-31(16-6-2)22-26-37)45-35(41)18-12-10-14-28-43-34(40)8-4/h7-8,30-31H,3-6,9-29H2,1-2H3. The van der Waals surface area contributed by atoms with Crippen LogP contribution in [0, 0.1) is 11.8 Å². The van der Waals surface area contributed by atoms with Crippen LogP contribution in [-0.2, 0) is 38.1 Å². The first kappa shape index (κ1) is 38.7. The summed E-state index contributed by atoms with van der Waals surface area (Å²) in [6.07, 6.45) is 19.2. The quantitative estimate of drug-likeness (QED) is 0.0481. The summed E-state index contributed by atoms with van der Waals surface area (Å²) < 4.78 is 23.4. The normalized spacial score (nSPS) is 24.8. The maximum absolute atomic E-state index is 13.4. The van der Waals surface area contributed by atoms with Crippen molar-refractivity contribution in [2.75, 3.05) is 19.8 Å². The fourth-order valence-electron chi connectivity index (χ4n) is 7.24. The first-order valence-electron chi connectivity index (χ1n) is 17.7. The van der Waals surface area contributed by atoms with Crippen LogP contribution in [0.4, 0.5) is 0 Å². The van der Waals surface area contributed by atoms with E-state index in [1.807, 2.05) is 0 Å². The lowest BCUT2D eigenvalue weighted by Crippen LogP contribution is -2.61. The number of rotatable bonds is 23. The van der Waals surface area contributed by atoms with Crippen LogP contribution < -0.4 is 0 Å². The van der Waals surface area contributed by atoms with Gasteiger partial charge in [-0.05, 0) is 102 Å². The predicted molar refractivity (Wildman–Crippen MR) is 175 cm³/mol. The van der Waals surface area contributed by atoms with Crippen molar-refractivity contribution in [3.8, 4) is 0 Å². The molecule has 0 heterocycles. The summed E-state index contributed by atoms with van der Waals surface area (Å²) in [6.45, 7) is 11.9. The lowest BCUT2D eigenvalue weighted by atomic mass is 9.62. The van der Waals surface area contributed by atoms with E-state index in [2.05, 4.69) is 27.0 Å². The van der Waals surface area contributed by atoms with Gasteiger partial charge in [-0.1, -0.05) is 52.7 Å². The van der Waals surface area contributed by atoms with Crippen LogP contribution >= 0.6 is 0 Å². The molecule has 0 aromatic carbocycles. The van der Waals surface area contributed by atoms with Crippen LogP contribution in [0.15, 0.2) is 25.3 Å². The lowest BCUT2D eigenvalue weighted by molar-refractivity contribution is -0.235. The lowest BCUT2D eigenvalue weighted by Gasteiger charge is -2.54. The van der Waals surface area contributed by atoms with Gasteiger partial charge in [0.15, 0.2) is 5.78 Å². The van der Waals surface area contributed by atoms with E-state index in [1.165, 1.54) is 12.8 Å². The van der Waals surface area contributed by atoms with Gasteiger partial charge in [-0.2, -0.15) is 0 Å². The van der Waals surface area contributed by atoms with Crippen LogP contribution in [0.5, 0.6) is 0 Å². The van der Waals surface area contributed by atoms with Crippen molar-refractivity contribution in [2.24, 2.45) is 11.8 Å². The van der Waals surface area contributed by atoms with E-state index in [-0.39, 0.29) is 18.4 Å². The Bertz CT molecular complexity index is 925. The fraction of sp³-hybridized carbons (Fsp3) is 0.784. The number of carbonyl (C=O) groups excluding carboxylic acids is 4. The van der Waals surface area contributed by atoms with Gasteiger partial charge in [-0.3, -0.25) is 9.59 Å². The molecular weight excluding hydrogens is 572 g/mol. The number of esters is 3. The Morgan fingerprint density at radius 3 is 1.60 bits per heavy atom. The Labute approximate surface area is 272 Å². The zero-order valence-corrected chi connectivity index (χ0v) is 28.3. The van der Waals surface area contributed by atoms with Crippen LogP contribution in [0.3, 0.4) is 0 Å². The molecule has 2 saturated carbocycles. The number of Topliss-reactive ketones (excluding diaryl/α,β-unsaturated/α-hetero) is 1. The van der Waals surface area contributed by atoms with Crippen molar-refractivity contribution in [3.63, 3.8) is 0 Å². The third kappa shape index (κ3) is 13.4. The van der Waals surface area contributed by atoms with Gasteiger partial charge < -0.3 is 18.9 Å². The predicted octanol–water partition coefficient (Wildman–Crippen LogP) is 8.15. The van der Waals surface area contributed by atoms with Gasteiger partial charge in [0.05, 0.1) is 13.2 Å². The van der Waals surface area contributed by atoms with Crippen LogP contribution in [0.25, 0.3) is 0 Å². The van der Waals surface area contributed by atoms with E-state index in [9.17, 15) is 19.2 Å². The second kappa shape index (κ2) is 21.3. The molecule has 2 aliphatic carbocycles. The van der Waals surface area contributed by atoms with Gasteiger partial charge in [0, 0.05) is 25.0 Å². The minimum Gasteiger partial charge on any atom is -0.463 e. The van der Waals surface area contributed by atoms with Gasteiger partial charge in [-0.25, -0.2) is 9.59 Å². The van der Waals surface area contributed by atoms with Crippen LogP contribution in [0.1, 0.15) is 142 Å². The minimum atomic E-state index is -0.722. The Kier molecular flexibility index (Phi) is 18.4. The average molecular weight is 633 g/mol. The third-order valence-corrected chi connectivity index (χ3v) is 9.82. The number of unbranched alkanes of at least 4 members (excludes halogenated alkanes) is 4. The average Bonchev–Trinajstić information content (AvgIpc) is 3.04. The number of hydrogen-bond acceptors (Lipinski definition) is 8. The summed E-state index contributed by atoms with van der Waals surface area (Å²) in [5.41, 5.74) is -1.38. The van der Waals surface area contributed by atoms with Crippen molar-refractivity contribution in [3.05, 3.63) is 25.3 Å². The molecule has 0 aromatic heterocycles. The fourth-order valence-corrected chi connectivity index (χ4v) is 7.24. The van der Waals surface area contributed by atoms with E-state index >= 15 is 0 Å². The highest BCUT2D eigenvalue weighted by Gasteiger charge is 2.57. The second-order valence-corrected chi connectivity index (χ2v) is 13.1. The first-order chi connectivity index (χ1) is 21.7. The molecule has 2 aliphatic rings. The number of ether oxygens (including phenoxy) is 4. The summed E-state index contributed by atoms with van der Waals surface area (Å²) in [7, 11) is 0. The maximum Gasteiger partial charge on any atom is 0.330 e. The molecule has 0 amide bonds. The molecule has 0 unspecified atom stereocenters. The molecule has 0 bridgehead atoms. The molecule has 2 rings (SSSR count). The zero-order valence-electron chi connectivity index (χ0n) is 28.3. The highest BCUT2D eigenvalue weighted by molar-refractivity contribution is 5.81. The van der Waals surface area contributed by atoms with Crippen molar-refractivity contribution in [1.29, 1.82) is 0 Å². The Balaban J connectivity index is 2.08. The molecule has 0 atom stereocenters. The number of carbonyl (C=O) groups is 4. The molecule has 8 nitrogen and oxygen atoms in total. The third-order valence-electron chi connectivity index (χ3n) is 9.82. The van der Waals surface area contributed by atoms with E-state index in [0.29, 0.717) is 63.6 Å². The largest absolute Gasteiger partial charge is 0.463 e. The summed E-state index contributed by atoms with van der Waals surface area (Å²) >= 11 is 0. The molecular formula is C37H60O8. The Hall–Kier alpha value is -2.48. The monoisotopic (exact) mass is 632 g/mol. The van der Waals surface area contributed by atoms with Gasteiger partial charge >= 0.3 is 17.9 Å². The van der Waals surface area contributed by atoms with Crippen molar-refractivity contribution < 1.29 is 38.1 Å². The van der Waals surface area contributed by atoms with E-state index in [0.717, 1.165) is 89.2 Å². The minimum absolute atomic E-state index is 0.0328. The molecule has 0 saturated heterocycles. The van der Waals surface area contributed by atoms with Crippen LogP contribution in [-0.4, -0.2) is 54.7 Å². The van der Waals surface area contributed by atoms with E-state index in [1.54, 1.807) is 0 Å². The molecule has 0 aliphatic heterocycles. The highest BCUT2D eigenvalue weighted by Crippen LogP contribution is 2.52. The van der Waals surface area contributed by atoms with Crippen molar-refractivity contribution >= 4 is 23.7 Å². The van der Waals surface area contributed by atoms with E-state index < -0.39 is 23.1 Å². The molecule has 0 radical (unpaired) electrons. The molecule has 256 valence electrons. The number of ketones is 1. The zero-order chi connectivity index (χ0) is 33.0. The summed E-state index contributed by atoms with van der Waals surface area (Å²) in [4.78, 5) is 48.9. The molecule has 0 spiro atoms. The van der Waals surface area contributed by atoms with Gasteiger partial charge in [0.25, 0.3) is 0 Å². The Morgan fingerprint density at radius 1 is 0.667 bits per heavy atom. The highest BCUT2D eigenvalue weighted by atomic mass is 16.6. The smallest absolute Gasteiger partial charge is 0.330 e. The molecule has 2 fully saturated rings. The SMILES string of the molecule is C=CC(=O)OCCCCCC(=O)COC1(C2(OC(=O)CCCCCOC(=O)C=C)CCC(CCC)CC2)CCC(CCC)CC1. The summed E-state index contributed by atoms with van der Waals surface area (Å²) in [5, 5.41) is 0. The molecule has 0 N–H and O–H groups in total. The summed E-state index contributed by atoms with van der Waals surface area (Å²) in [5.74, 6) is 0.265. The summed E-state index contributed by atoms with van der Waals surface area (Å²) in [6, 6.07) is 0.